The number of H-pyrrole nitrogens is 1. The molecular weight excluding hydrogens is 190 g/mol. The van der Waals surface area contributed by atoms with E-state index >= 15 is 0 Å². The van der Waals surface area contributed by atoms with Gasteiger partial charge in [0.2, 0.25) is 0 Å². The Labute approximate surface area is 76.3 Å². The van der Waals surface area contributed by atoms with Crippen molar-refractivity contribution in [1.29, 1.82) is 0 Å². The largest absolute Gasteiger partial charge is 0.334 e. The molecule has 0 amide bonds. The minimum atomic E-state index is -0.470. The lowest BCUT2D eigenvalue weighted by molar-refractivity contribution is 0.887. The van der Waals surface area contributed by atoms with E-state index in [4.69, 9.17) is 0 Å². The van der Waals surface area contributed by atoms with Gasteiger partial charge in [-0.05, 0) is 0 Å². The second-order valence-electron chi connectivity index (χ2n) is 2.29. The van der Waals surface area contributed by atoms with Crippen LogP contribution in [0.2, 0.25) is 0 Å². The molecule has 2 aromatic heterocycles. The third-order valence-corrected chi connectivity index (χ3v) is 2.22. The summed E-state index contributed by atoms with van der Waals surface area (Å²) in [5, 5.41) is 2.30. The lowest BCUT2D eigenvalue weighted by Crippen LogP contribution is -2.27. The molecule has 0 fully saturated rings. The summed E-state index contributed by atoms with van der Waals surface area (Å²) in [6, 6.07) is 1.28. The molecule has 0 atom stereocenters. The Morgan fingerprint density at radius 3 is 2.92 bits per heavy atom. The molecule has 0 aliphatic carbocycles. The van der Waals surface area contributed by atoms with Crippen molar-refractivity contribution in [1.82, 2.24) is 14.5 Å². The molecule has 2 aromatic rings. The minimum Gasteiger partial charge on any atom is -0.274 e. The van der Waals surface area contributed by atoms with Gasteiger partial charge in [0.05, 0.1) is 0 Å². The van der Waals surface area contributed by atoms with Crippen molar-refractivity contribution in [3.63, 3.8) is 0 Å². The Bertz CT molecular complexity index is 511. The highest BCUT2D eigenvalue weighted by Crippen LogP contribution is 2.06. The van der Waals surface area contributed by atoms with Crippen LogP contribution in [0.25, 0.3) is 5.13 Å². The Balaban J connectivity index is 2.67. The van der Waals surface area contributed by atoms with Gasteiger partial charge in [0, 0.05) is 23.8 Å². The second kappa shape index (κ2) is 2.98. The molecule has 1 N–H and O–H groups in total. The van der Waals surface area contributed by atoms with Gasteiger partial charge >= 0.3 is 5.69 Å². The van der Waals surface area contributed by atoms with Crippen molar-refractivity contribution in [2.45, 2.75) is 0 Å². The molecule has 0 aliphatic heterocycles. The van der Waals surface area contributed by atoms with E-state index < -0.39 is 11.2 Å². The van der Waals surface area contributed by atoms with Gasteiger partial charge in [-0.25, -0.2) is 14.3 Å². The molecule has 0 saturated heterocycles. The summed E-state index contributed by atoms with van der Waals surface area (Å²) in [6.45, 7) is 0. The average molecular weight is 195 g/mol. The molecule has 0 aromatic carbocycles. The fourth-order valence-corrected chi connectivity index (χ4v) is 1.53. The highest BCUT2D eigenvalue weighted by Gasteiger charge is 2.00. The van der Waals surface area contributed by atoms with E-state index in [1.165, 1.54) is 28.2 Å². The van der Waals surface area contributed by atoms with Gasteiger partial charge in [-0.2, -0.15) is 0 Å². The molecule has 0 spiro atoms. The van der Waals surface area contributed by atoms with Crippen LogP contribution in [-0.2, 0) is 0 Å². The van der Waals surface area contributed by atoms with Crippen LogP contribution in [0.5, 0.6) is 0 Å². The zero-order valence-corrected chi connectivity index (χ0v) is 7.25. The first-order chi connectivity index (χ1) is 6.27. The standard InChI is InChI=1S/C7H5N3O2S/c11-5-1-3-10(6(12)9-5)7-8-2-4-13-7/h1-4H,(H,9,11,12). The summed E-state index contributed by atoms with van der Waals surface area (Å²) in [4.78, 5) is 28.0. The number of nitrogens with zero attached hydrogens (tertiary/aromatic N) is 2. The number of aromatic nitrogens is 3. The van der Waals surface area contributed by atoms with Crippen LogP contribution in [0, 0.1) is 0 Å². The van der Waals surface area contributed by atoms with E-state index in [0.29, 0.717) is 5.13 Å². The van der Waals surface area contributed by atoms with Crippen LogP contribution >= 0.6 is 11.3 Å². The Hall–Kier alpha value is -1.69. The summed E-state index contributed by atoms with van der Waals surface area (Å²) < 4.78 is 1.28. The van der Waals surface area contributed by atoms with E-state index in [1.54, 1.807) is 11.6 Å². The van der Waals surface area contributed by atoms with E-state index in [9.17, 15) is 9.59 Å². The molecule has 2 rings (SSSR count). The molecule has 6 heteroatoms. The maximum Gasteiger partial charge on any atom is 0.334 e. The highest BCUT2D eigenvalue weighted by atomic mass is 32.1. The van der Waals surface area contributed by atoms with Crippen molar-refractivity contribution >= 4 is 11.3 Å². The fraction of sp³-hybridized carbons (Fsp3) is 0. The zero-order chi connectivity index (χ0) is 9.26. The number of hydrogen-bond acceptors (Lipinski definition) is 4. The zero-order valence-electron chi connectivity index (χ0n) is 6.43. The summed E-state index contributed by atoms with van der Waals surface area (Å²) in [7, 11) is 0. The Morgan fingerprint density at radius 2 is 2.31 bits per heavy atom. The topological polar surface area (TPSA) is 67.8 Å². The maximum absolute atomic E-state index is 11.2. The van der Waals surface area contributed by atoms with Crippen molar-refractivity contribution in [3.05, 3.63) is 44.7 Å². The molecule has 0 radical (unpaired) electrons. The third-order valence-electron chi connectivity index (χ3n) is 1.45. The van der Waals surface area contributed by atoms with Gasteiger partial charge < -0.3 is 0 Å². The number of rotatable bonds is 1. The lowest BCUT2D eigenvalue weighted by atomic mass is 10.6. The van der Waals surface area contributed by atoms with Gasteiger partial charge in [0.15, 0.2) is 5.13 Å². The van der Waals surface area contributed by atoms with Crippen LogP contribution in [0.15, 0.2) is 33.4 Å². The summed E-state index contributed by atoms with van der Waals surface area (Å²) in [5.41, 5.74) is -0.875. The van der Waals surface area contributed by atoms with Gasteiger partial charge in [-0.3, -0.25) is 9.78 Å². The van der Waals surface area contributed by atoms with Crippen molar-refractivity contribution in [2.75, 3.05) is 0 Å². The molecule has 0 saturated carbocycles. The van der Waals surface area contributed by atoms with E-state index in [0.717, 1.165) is 0 Å². The predicted molar refractivity (Wildman–Crippen MR) is 48.3 cm³/mol. The normalized spacial score (nSPS) is 10.2. The first-order valence-corrected chi connectivity index (χ1v) is 4.37. The van der Waals surface area contributed by atoms with Gasteiger partial charge in [-0.1, -0.05) is 0 Å². The van der Waals surface area contributed by atoms with Crippen LogP contribution in [0.4, 0.5) is 0 Å². The van der Waals surface area contributed by atoms with Gasteiger partial charge in [0.25, 0.3) is 5.56 Å². The van der Waals surface area contributed by atoms with Gasteiger partial charge in [0.1, 0.15) is 0 Å². The summed E-state index contributed by atoms with van der Waals surface area (Å²) >= 11 is 1.33. The minimum absolute atomic E-state index is 0.405. The molecule has 0 bridgehead atoms. The first kappa shape index (κ1) is 7.93. The van der Waals surface area contributed by atoms with Crippen LogP contribution in [0.3, 0.4) is 0 Å². The number of thiazole rings is 1. The molecule has 0 unspecified atom stereocenters. The van der Waals surface area contributed by atoms with Crippen LogP contribution in [0.1, 0.15) is 0 Å². The average Bonchev–Trinajstić information content (AvgIpc) is 2.56. The van der Waals surface area contributed by atoms with Crippen molar-refractivity contribution in [3.8, 4) is 5.13 Å². The Kier molecular flexibility index (Phi) is 1.82. The van der Waals surface area contributed by atoms with Crippen molar-refractivity contribution < 1.29 is 0 Å². The smallest absolute Gasteiger partial charge is 0.274 e. The molecular formula is C7H5N3O2S. The van der Waals surface area contributed by atoms with Gasteiger partial charge in [-0.15, -0.1) is 11.3 Å². The molecule has 5 nitrogen and oxygen atoms in total. The third kappa shape index (κ3) is 1.43. The quantitative estimate of drug-likeness (QED) is 0.695. The monoisotopic (exact) mass is 195 g/mol. The van der Waals surface area contributed by atoms with E-state index in [-0.39, 0.29) is 0 Å². The second-order valence-corrected chi connectivity index (χ2v) is 3.17. The summed E-state index contributed by atoms with van der Waals surface area (Å²) in [5.74, 6) is 0. The summed E-state index contributed by atoms with van der Waals surface area (Å²) in [6.07, 6.45) is 3.00. The molecule has 2 heterocycles. The number of hydrogen-bond donors (Lipinski definition) is 1. The number of aromatic amines is 1. The SMILES string of the molecule is O=c1ccn(-c2nccs2)c(=O)[nH]1. The van der Waals surface area contributed by atoms with E-state index in [1.807, 2.05) is 0 Å². The maximum atomic E-state index is 11.2. The van der Waals surface area contributed by atoms with Crippen LogP contribution < -0.4 is 11.2 Å². The molecule has 66 valence electrons. The van der Waals surface area contributed by atoms with E-state index in [2.05, 4.69) is 9.97 Å². The molecule has 0 aliphatic rings. The number of nitrogens with one attached hydrogen (secondary N) is 1. The Morgan fingerprint density at radius 1 is 1.46 bits per heavy atom. The van der Waals surface area contributed by atoms with Crippen molar-refractivity contribution in [2.24, 2.45) is 0 Å². The highest BCUT2D eigenvalue weighted by molar-refractivity contribution is 7.12. The first-order valence-electron chi connectivity index (χ1n) is 3.49. The molecule has 13 heavy (non-hydrogen) atoms. The predicted octanol–water partition coefficient (Wildman–Crippen LogP) is -0.0177. The van der Waals surface area contributed by atoms with Crippen LogP contribution in [-0.4, -0.2) is 14.5 Å². The fourth-order valence-electron chi connectivity index (χ4n) is 0.903. The lowest BCUT2D eigenvalue weighted by Gasteiger charge is -1.96.